The molecule has 13 atom stereocenters. The maximum absolute atomic E-state index is 15.6. The minimum absolute atomic E-state index is 0.0116. The number of carbonyl (C=O) groups is 12. The number of hydrogen-bond acceptors (Lipinski definition) is 13. The number of halogens is 5. The lowest BCUT2D eigenvalue weighted by molar-refractivity contribution is -0.219. The van der Waals surface area contributed by atoms with Crippen LogP contribution >= 0.6 is 0 Å². The van der Waals surface area contributed by atoms with Crippen LogP contribution in [0.4, 0.5) is 22.0 Å². The van der Waals surface area contributed by atoms with E-state index in [1.807, 2.05) is 26.8 Å². The van der Waals surface area contributed by atoms with Gasteiger partial charge in [-0.1, -0.05) is 112 Å². The van der Waals surface area contributed by atoms with Gasteiger partial charge in [0, 0.05) is 82.5 Å². The van der Waals surface area contributed by atoms with E-state index in [0.717, 1.165) is 40.4 Å². The van der Waals surface area contributed by atoms with E-state index in [1.54, 1.807) is 40.7 Å². The molecule has 0 aromatic rings. The summed E-state index contributed by atoms with van der Waals surface area (Å²) in [5.74, 6) is -13.4. The van der Waals surface area contributed by atoms with Crippen molar-refractivity contribution in [1.82, 2.24) is 60.0 Å². The molecule has 3 N–H and O–H groups in total. The van der Waals surface area contributed by atoms with Crippen molar-refractivity contribution in [2.24, 2.45) is 40.9 Å². The van der Waals surface area contributed by atoms with E-state index in [1.165, 1.54) is 85.8 Å². The molecular formula is C75H121F5N12O13. The fraction of sp³-hybridized carbons (Fsp3) is 0.813. The second-order valence-electron chi connectivity index (χ2n) is 32.2. The van der Waals surface area contributed by atoms with Crippen molar-refractivity contribution < 1.29 is 84.2 Å². The van der Waals surface area contributed by atoms with Gasteiger partial charge in [0.1, 0.15) is 72.1 Å². The Bertz CT molecular complexity index is 3110. The van der Waals surface area contributed by atoms with Crippen molar-refractivity contribution in [2.75, 3.05) is 89.2 Å². The highest BCUT2D eigenvalue weighted by Gasteiger charge is 2.60. The Labute approximate surface area is 617 Å². The number of carbonyl (C=O) groups excluding carboxylic acids is 12. The quantitative estimate of drug-likeness (QED) is 0.132. The third kappa shape index (κ3) is 21.2. The number of rotatable bonds is 14. The number of ether oxygens (including phenoxy) is 1. The van der Waals surface area contributed by atoms with Gasteiger partial charge in [-0.3, -0.25) is 57.5 Å². The molecule has 0 aromatic heterocycles. The summed E-state index contributed by atoms with van der Waals surface area (Å²) >= 11 is 0. The van der Waals surface area contributed by atoms with Crippen LogP contribution in [-0.2, 0) is 62.3 Å². The van der Waals surface area contributed by atoms with Crippen LogP contribution in [-0.4, -0.2) is 283 Å². The largest absolute Gasteiger partial charge is 0.397 e. The molecule has 3 heterocycles. The number of alkyl halides is 5. The Hall–Kier alpha value is -7.01. The van der Waals surface area contributed by atoms with E-state index in [9.17, 15) is 41.9 Å². The fourth-order valence-electron chi connectivity index (χ4n) is 16.7. The molecule has 5 fully saturated rings. The highest BCUT2D eigenvalue weighted by Crippen LogP contribution is 2.50. The van der Waals surface area contributed by atoms with E-state index < -0.39 is 217 Å². The second-order valence-corrected chi connectivity index (χ2v) is 32.2. The van der Waals surface area contributed by atoms with Crippen LogP contribution in [0, 0.1) is 40.9 Å². The molecule has 12 amide bonds. The topological polar surface area (TPSA) is 279 Å². The molecule has 30 heteroatoms. The third-order valence-corrected chi connectivity index (χ3v) is 23.3. The summed E-state index contributed by atoms with van der Waals surface area (Å²) in [5.41, 5.74) is -2.31. The summed E-state index contributed by atoms with van der Waals surface area (Å²) in [5, 5.41) is 8.58. The van der Waals surface area contributed by atoms with Crippen LogP contribution in [0.2, 0.25) is 0 Å². The maximum atomic E-state index is 15.6. The Kier molecular flexibility index (Phi) is 30.8. The number of nitrogens with zero attached hydrogens (tertiary/aromatic N) is 9. The summed E-state index contributed by atoms with van der Waals surface area (Å²) in [6, 6.07) is -10.7. The van der Waals surface area contributed by atoms with Gasteiger partial charge in [0.05, 0.1) is 25.6 Å². The van der Waals surface area contributed by atoms with Crippen molar-refractivity contribution in [3.63, 3.8) is 0 Å². The standard InChI is InChI=1S/C75H121F5N12O13/c1-18-25-53-64(96)82-62(45(6)19-2)70(102)86(13)41-60(95)88(15)54-26-23-22-24-33-91(69(54)101)57(36-47-29-27-44(5)28-30-47)68(100)85(12)40-58(93)81-52(32-31-48-34-50(76)61(51(77)35-48)75(78,79)80)66(98)92-39-49(105-21-4)37-55(92)65(97)83-74(42-73(8,9)43-74)72(104)90(17)63(46(7)20-3)71(103)89(16)56(67(99)84(10)11)38-59(94)87(53)14/h22-23,44-57,61-63H,18-21,24-43H2,1-17H3,(H,81,93)(H,82,96)(H,83,97)/b23-22-/t44?,45-,46-,47?,48?,49+,50?,51?,52-,53-,54-,55-,56-,57-,61?,62-,63?/m0/s1. The molecule has 25 nitrogen and oxygen atoms in total. The molecule has 1 spiro atoms. The molecule has 3 aliphatic heterocycles. The second kappa shape index (κ2) is 37.2. The zero-order chi connectivity index (χ0) is 78.7. The number of nitrogens with one attached hydrogen (secondary N) is 3. The van der Waals surface area contributed by atoms with Crippen molar-refractivity contribution in [3.05, 3.63) is 12.2 Å². The Morgan fingerprint density at radius 1 is 0.657 bits per heavy atom. The first-order chi connectivity index (χ1) is 49.1. The highest BCUT2D eigenvalue weighted by atomic mass is 19.4. The van der Waals surface area contributed by atoms with Crippen molar-refractivity contribution in [3.8, 4) is 0 Å². The molecule has 2 bridgehead atoms. The predicted octanol–water partition coefficient (Wildman–Crippen LogP) is 6.05. The van der Waals surface area contributed by atoms with Gasteiger partial charge in [0.25, 0.3) is 0 Å². The van der Waals surface area contributed by atoms with Gasteiger partial charge in [0.2, 0.25) is 70.9 Å². The lowest BCUT2D eigenvalue weighted by Gasteiger charge is -2.54. The van der Waals surface area contributed by atoms with E-state index in [0.29, 0.717) is 31.6 Å². The Morgan fingerprint density at radius 2 is 1.27 bits per heavy atom. The summed E-state index contributed by atoms with van der Waals surface area (Å²) in [6.45, 7) is 15.1. The fourth-order valence-corrected chi connectivity index (χ4v) is 16.7. The van der Waals surface area contributed by atoms with Crippen molar-refractivity contribution in [1.29, 1.82) is 0 Å². The van der Waals surface area contributed by atoms with Gasteiger partial charge in [-0.15, -0.1) is 0 Å². The molecule has 0 aromatic carbocycles. The lowest BCUT2D eigenvalue weighted by Crippen LogP contribution is -2.71. The molecule has 3 unspecified atom stereocenters. The van der Waals surface area contributed by atoms with Crippen LogP contribution in [0.15, 0.2) is 12.2 Å². The monoisotopic (exact) mass is 1490 g/mol. The van der Waals surface area contributed by atoms with Crippen LogP contribution < -0.4 is 16.0 Å². The predicted molar refractivity (Wildman–Crippen MR) is 383 cm³/mol. The zero-order valence-electron chi connectivity index (χ0n) is 65.2. The smallest absolute Gasteiger partial charge is 0.377 e. The van der Waals surface area contributed by atoms with E-state index in [-0.39, 0.29) is 70.6 Å². The maximum Gasteiger partial charge on any atom is 0.397 e. The number of likely N-dealkylation sites (N-methyl/N-ethyl adjacent to an activating group) is 7. The minimum atomic E-state index is -5.18. The third-order valence-electron chi connectivity index (χ3n) is 23.3. The zero-order valence-corrected chi connectivity index (χ0v) is 65.2. The van der Waals surface area contributed by atoms with Gasteiger partial charge in [-0.2, -0.15) is 13.2 Å². The summed E-state index contributed by atoms with van der Waals surface area (Å²) in [4.78, 5) is 192. The molecule has 594 valence electrons. The van der Waals surface area contributed by atoms with E-state index in [4.69, 9.17) is 4.74 Å². The summed E-state index contributed by atoms with van der Waals surface area (Å²) < 4.78 is 79.0. The number of fused-ring (bicyclic) bond motifs is 3. The van der Waals surface area contributed by atoms with Gasteiger partial charge in [-0.05, 0) is 106 Å². The lowest BCUT2D eigenvalue weighted by atomic mass is 9.58. The minimum Gasteiger partial charge on any atom is -0.377 e. The number of hydrogen-bond donors (Lipinski definition) is 3. The molecule has 6 aliphatic rings. The normalized spacial score (nSPS) is 32.2. The van der Waals surface area contributed by atoms with Gasteiger partial charge < -0.3 is 64.8 Å². The average Bonchev–Trinajstić information content (AvgIpc) is 1.34. The molecule has 0 radical (unpaired) electrons. The van der Waals surface area contributed by atoms with Crippen LogP contribution in [0.25, 0.3) is 0 Å². The van der Waals surface area contributed by atoms with E-state index >= 15 is 37.5 Å². The molecule has 105 heavy (non-hydrogen) atoms. The molecule has 3 saturated carbocycles. The van der Waals surface area contributed by atoms with Gasteiger partial charge in [-0.25, -0.2) is 8.78 Å². The average molecular weight is 1490 g/mol. The van der Waals surface area contributed by atoms with Crippen molar-refractivity contribution >= 4 is 70.9 Å². The molecule has 2 saturated heterocycles. The Morgan fingerprint density at radius 3 is 1.83 bits per heavy atom. The van der Waals surface area contributed by atoms with Gasteiger partial charge >= 0.3 is 6.18 Å². The summed E-state index contributed by atoms with van der Waals surface area (Å²) in [6.07, 6.45) is -5.62. The molecule has 3 aliphatic carbocycles. The van der Waals surface area contributed by atoms with Gasteiger partial charge in [0.15, 0.2) is 0 Å². The SMILES string of the molecule is CCC[C@H]1C(=O)N[C@@H]([C@@H](C)CC)C(=O)N(C)CC(=O)N(C)[C@H]2C/C=C\CCN(C2=O)[C@@H](CC2CCC(C)CC2)C(=O)N(C)CC(=O)N[C@@H](CCC2CC(F)C(C(F)(F)F)C(F)C2)C(=O)N2C[C@H](OCC)C[C@H]2C(=O)NC2(CC(C)(C)C2)C(=O)N(C)C([C@@H](C)CC)C(=O)N(C)[C@H](C(=O)N(C)C)CC(=O)N1C. The van der Waals surface area contributed by atoms with Crippen LogP contribution in [0.5, 0.6) is 0 Å². The first-order valence-corrected chi connectivity index (χ1v) is 38.0. The first-order valence-electron chi connectivity index (χ1n) is 38.0. The summed E-state index contributed by atoms with van der Waals surface area (Å²) in [7, 11) is 11.2. The number of amides is 12. The Balaban J connectivity index is 1.48. The highest BCUT2D eigenvalue weighted by molar-refractivity contribution is 6.01. The van der Waals surface area contributed by atoms with Crippen LogP contribution in [0.1, 0.15) is 184 Å². The molecular weight excluding hydrogens is 1370 g/mol. The van der Waals surface area contributed by atoms with E-state index in [2.05, 4.69) is 22.9 Å². The first kappa shape index (κ1) is 86.9. The molecule has 6 rings (SSSR count). The van der Waals surface area contributed by atoms with Crippen molar-refractivity contribution in [2.45, 2.75) is 263 Å². The van der Waals surface area contributed by atoms with Crippen LogP contribution in [0.3, 0.4) is 0 Å².